The monoisotopic (exact) mass is 371 g/mol. The molecule has 0 aromatic heterocycles. The molecule has 2 aromatic carbocycles. The van der Waals surface area contributed by atoms with E-state index in [1.165, 1.54) is 6.08 Å². The Hall–Kier alpha value is -2.66. The Bertz CT molecular complexity index is 767. The van der Waals surface area contributed by atoms with E-state index in [2.05, 4.69) is 21.2 Å². The van der Waals surface area contributed by atoms with Gasteiger partial charge in [-0.15, -0.1) is 0 Å². The lowest BCUT2D eigenvalue weighted by Gasteiger charge is -2.05. The quantitative estimate of drug-likeness (QED) is 0.619. The van der Waals surface area contributed by atoms with Gasteiger partial charge in [-0.3, -0.25) is 4.79 Å². The molecule has 0 atom stereocenters. The Morgan fingerprint density at radius 2 is 1.78 bits per heavy atom. The summed E-state index contributed by atoms with van der Waals surface area (Å²) in [4.78, 5) is 23.3. The van der Waals surface area contributed by atoms with E-state index < -0.39 is 11.9 Å². The predicted octanol–water partition coefficient (Wildman–Crippen LogP) is 3.86. The van der Waals surface area contributed by atoms with Crippen LogP contribution < -0.4 is 5.32 Å². The molecule has 2 aromatic rings. The molecule has 0 radical (unpaired) electrons. The SMILES string of the molecule is O=C(O)/C(=C/C=C\c1ccccc1)NC(=O)c1cccc(Br)c1. The fourth-order valence-electron chi connectivity index (χ4n) is 1.81. The summed E-state index contributed by atoms with van der Waals surface area (Å²) < 4.78 is 0.745. The third kappa shape index (κ3) is 5.23. The van der Waals surface area contributed by atoms with Crippen molar-refractivity contribution in [1.82, 2.24) is 5.32 Å². The van der Waals surface area contributed by atoms with Crippen LogP contribution in [0.25, 0.3) is 6.08 Å². The van der Waals surface area contributed by atoms with Gasteiger partial charge in [0.2, 0.25) is 0 Å². The van der Waals surface area contributed by atoms with Gasteiger partial charge < -0.3 is 10.4 Å². The molecule has 0 aliphatic carbocycles. The van der Waals surface area contributed by atoms with Crippen LogP contribution in [0.4, 0.5) is 0 Å². The Morgan fingerprint density at radius 3 is 2.43 bits per heavy atom. The Morgan fingerprint density at radius 1 is 1.04 bits per heavy atom. The van der Waals surface area contributed by atoms with Crippen LogP contribution in [-0.2, 0) is 4.79 Å². The van der Waals surface area contributed by atoms with E-state index in [4.69, 9.17) is 0 Å². The number of rotatable bonds is 5. The predicted molar refractivity (Wildman–Crippen MR) is 92.8 cm³/mol. The maximum atomic E-state index is 12.1. The molecule has 0 saturated heterocycles. The van der Waals surface area contributed by atoms with Crippen molar-refractivity contribution in [3.8, 4) is 0 Å². The smallest absolute Gasteiger partial charge is 0.352 e. The van der Waals surface area contributed by atoms with Crippen molar-refractivity contribution in [1.29, 1.82) is 0 Å². The van der Waals surface area contributed by atoms with Crippen molar-refractivity contribution >= 4 is 33.9 Å². The minimum absolute atomic E-state index is 0.192. The number of amides is 1. The van der Waals surface area contributed by atoms with E-state index in [1.807, 2.05) is 30.3 Å². The second-order valence-corrected chi connectivity index (χ2v) is 5.54. The molecule has 0 heterocycles. The first kappa shape index (κ1) is 16.7. The van der Waals surface area contributed by atoms with E-state index in [0.29, 0.717) is 5.56 Å². The normalized spacial score (nSPS) is 11.4. The van der Waals surface area contributed by atoms with Crippen LogP contribution in [-0.4, -0.2) is 17.0 Å². The number of aliphatic carboxylic acids is 1. The molecule has 1 amide bonds. The number of carboxylic acid groups (broad SMARTS) is 1. The Balaban J connectivity index is 2.12. The van der Waals surface area contributed by atoms with Crippen molar-refractivity contribution in [3.63, 3.8) is 0 Å². The summed E-state index contributed by atoms with van der Waals surface area (Å²) in [6.45, 7) is 0. The molecule has 2 rings (SSSR count). The van der Waals surface area contributed by atoms with Crippen molar-refractivity contribution in [2.45, 2.75) is 0 Å². The number of allylic oxidation sites excluding steroid dienone is 2. The summed E-state index contributed by atoms with van der Waals surface area (Å²) in [5.41, 5.74) is 1.12. The highest BCUT2D eigenvalue weighted by molar-refractivity contribution is 9.10. The molecule has 0 saturated carbocycles. The molecule has 23 heavy (non-hydrogen) atoms. The zero-order valence-corrected chi connectivity index (χ0v) is 13.7. The molecule has 4 nitrogen and oxygen atoms in total. The summed E-state index contributed by atoms with van der Waals surface area (Å²) >= 11 is 3.27. The van der Waals surface area contributed by atoms with Crippen LogP contribution in [0, 0.1) is 0 Å². The van der Waals surface area contributed by atoms with Crippen LogP contribution >= 0.6 is 15.9 Å². The summed E-state index contributed by atoms with van der Waals surface area (Å²) in [6, 6.07) is 16.2. The van der Waals surface area contributed by atoms with Gasteiger partial charge in [-0.25, -0.2) is 4.79 Å². The van der Waals surface area contributed by atoms with E-state index in [0.717, 1.165) is 10.0 Å². The van der Waals surface area contributed by atoms with Crippen molar-refractivity contribution in [2.24, 2.45) is 0 Å². The second kappa shape index (κ2) is 8.10. The van der Waals surface area contributed by atoms with Gasteiger partial charge in [0, 0.05) is 10.0 Å². The van der Waals surface area contributed by atoms with Gasteiger partial charge in [0.25, 0.3) is 5.91 Å². The number of carboxylic acids is 1. The standard InChI is InChI=1S/C18H14BrNO3/c19-15-10-5-9-14(12-15)17(21)20-16(18(22)23)11-4-8-13-6-2-1-3-7-13/h1-12H,(H,20,21)(H,22,23)/b8-4-,16-11-. The van der Waals surface area contributed by atoms with Gasteiger partial charge in [-0.2, -0.15) is 0 Å². The lowest BCUT2D eigenvalue weighted by Crippen LogP contribution is -2.27. The molecule has 0 aliphatic rings. The first-order valence-electron chi connectivity index (χ1n) is 6.80. The number of hydrogen-bond donors (Lipinski definition) is 2. The average Bonchev–Trinajstić information content (AvgIpc) is 2.54. The Labute approximate surface area is 142 Å². The molecular weight excluding hydrogens is 358 g/mol. The summed E-state index contributed by atoms with van der Waals surface area (Å²) in [5, 5.41) is 11.6. The lowest BCUT2D eigenvalue weighted by atomic mass is 10.2. The molecule has 2 N–H and O–H groups in total. The largest absolute Gasteiger partial charge is 0.477 e. The maximum absolute atomic E-state index is 12.1. The molecule has 0 fully saturated rings. The highest BCUT2D eigenvalue weighted by Gasteiger charge is 2.12. The molecule has 0 unspecified atom stereocenters. The third-order valence-electron chi connectivity index (χ3n) is 2.92. The van der Waals surface area contributed by atoms with Crippen LogP contribution in [0.3, 0.4) is 0 Å². The molecule has 0 spiro atoms. The summed E-state index contributed by atoms with van der Waals surface area (Å²) in [7, 11) is 0. The minimum Gasteiger partial charge on any atom is -0.477 e. The zero-order chi connectivity index (χ0) is 16.7. The maximum Gasteiger partial charge on any atom is 0.352 e. The lowest BCUT2D eigenvalue weighted by molar-refractivity contribution is -0.133. The van der Waals surface area contributed by atoms with Crippen molar-refractivity contribution in [3.05, 3.63) is 88.0 Å². The molecule has 0 aliphatic heterocycles. The Kier molecular flexibility index (Phi) is 5.88. The van der Waals surface area contributed by atoms with Crippen molar-refractivity contribution < 1.29 is 14.7 Å². The van der Waals surface area contributed by atoms with Crippen molar-refractivity contribution in [2.75, 3.05) is 0 Å². The van der Waals surface area contributed by atoms with Gasteiger partial charge in [-0.1, -0.05) is 64.5 Å². The fourth-order valence-corrected chi connectivity index (χ4v) is 2.21. The first-order valence-corrected chi connectivity index (χ1v) is 7.59. The van der Waals surface area contributed by atoms with Gasteiger partial charge in [0.1, 0.15) is 5.70 Å². The van der Waals surface area contributed by atoms with E-state index in [1.54, 1.807) is 36.4 Å². The molecule has 116 valence electrons. The van der Waals surface area contributed by atoms with Gasteiger partial charge in [0.05, 0.1) is 0 Å². The summed E-state index contributed by atoms with van der Waals surface area (Å²) in [5.74, 6) is -1.68. The van der Waals surface area contributed by atoms with E-state index in [9.17, 15) is 14.7 Å². The van der Waals surface area contributed by atoms with Crippen LogP contribution in [0.2, 0.25) is 0 Å². The third-order valence-corrected chi connectivity index (χ3v) is 3.41. The topological polar surface area (TPSA) is 66.4 Å². The van der Waals surface area contributed by atoms with Crippen LogP contribution in [0.15, 0.2) is 76.9 Å². The van der Waals surface area contributed by atoms with Gasteiger partial charge in [0.15, 0.2) is 0 Å². The number of halogens is 1. The van der Waals surface area contributed by atoms with Crippen LogP contribution in [0.1, 0.15) is 15.9 Å². The van der Waals surface area contributed by atoms with E-state index in [-0.39, 0.29) is 5.70 Å². The fraction of sp³-hybridized carbons (Fsp3) is 0. The molecule has 0 bridgehead atoms. The van der Waals surface area contributed by atoms with Crippen LogP contribution in [0.5, 0.6) is 0 Å². The number of carbonyl (C=O) groups is 2. The van der Waals surface area contributed by atoms with Gasteiger partial charge >= 0.3 is 5.97 Å². The summed E-state index contributed by atoms with van der Waals surface area (Å²) in [6.07, 6.45) is 4.69. The number of nitrogens with one attached hydrogen (secondary N) is 1. The second-order valence-electron chi connectivity index (χ2n) is 4.62. The molecular formula is C18H14BrNO3. The average molecular weight is 372 g/mol. The number of carbonyl (C=O) groups excluding carboxylic acids is 1. The highest BCUT2D eigenvalue weighted by Crippen LogP contribution is 2.12. The zero-order valence-electron chi connectivity index (χ0n) is 12.1. The molecule has 5 heteroatoms. The highest BCUT2D eigenvalue weighted by atomic mass is 79.9. The minimum atomic E-state index is -1.20. The van der Waals surface area contributed by atoms with E-state index >= 15 is 0 Å². The number of hydrogen-bond acceptors (Lipinski definition) is 2. The number of benzene rings is 2. The van der Waals surface area contributed by atoms with Gasteiger partial charge in [-0.05, 0) is 29.8 Å². The first-order chi connectivity index (χ1) is 11.1.